The summed E-state index contributed by atoms with van der Waals surface area (Å²) in [4.78, 5) is 0. The third-order valence-corrected chi connectivity index (χ3v) is 10.8. The van der Waals surface area contributed by atoms with Crippen molar-refractivity contribution in [1.82, 2.24) is 0 Å². The van der Waals surface area contributed by atoms with Crippen molar-refractivity contribution >= 4 is 28.9 Å². The van der Waals surface area contributed by atoms with Crippen LogP contribution in [0.1, 0.15) is 69.2 Å². The van der Waals surface area contributed by atoms with Gasteiger partial charge in [0.05, 0.1) is 0 Å². The van der Waals surface area contributed by atoms with Gasteiger partial charge in [0.1, 0.15) is 0 Å². The van der Waals surface area contributed by atoms with Gasteiger partial charge in [-0.15, -0.1) is 36.0 Å². The minimum Gasteiger partial charge on any atom is -0.266 e. The first-order chi connectivity index (χ1) is 11.4. The fraction of sp³-hybridized carbons (Fsp3) is 0.636. The summed E-state index contributed by atoms with van der Waals surface area (Å²) >= 11 is 11.6. The molecule has 146 valence electrons. The number of hydrogen-bond donors (Lipinski definition) is 0. The second-order valence-electron chi connectivity index (χ2n) is 7.16. The Labute approximate surface area is 192 Å². The van der Waals surface area contributed by atoms with E-state index < -0.39 is 6.69 Å². The van der Waals surface area contributed by atoms with Crippen LogP contribution in [0.3, 0.4) is 0 Å². The van der Waals surface area contributed by atoms with Gasteiger partial charge in [-0.2, -0.15) is 22.3 Å². The number of rotatable bonds is 2. The van der Waals surface area contributed by atoms with Gasteiger partial charge >= 0.3 is 26.2 Å². The van der Waals surface area contributed by atoms with Crippen LogP contribution in [0.5, 0.6) is 0 Å². The molecule has 0 amide bonds. The average molecular weight is 491 g/mol. The molecule has 0 aromatic heterocycles. The Bertz CT molecular complexity index is 533. The Hall–Kier alpha value is 0.640. The van der Waals surface area contributed by atoms with E-state index in [2.05, 4.69) is 67.5 Å². The molecule has 0 aromatic carbocycles. The van der Waals surface area contributed by atoms with Gasteiger partial charge in [-0.1, -0.05) is 67.2 Å². The molecule has 26 heavy (non-hydrogen) atoms. The van der Waals surface area contributed by atoms with E-state index in [0.29, 0.717) is 11.8 Å². The van der Waals surface area contributed by atoms with Crippen LogP contribution in [0.25, 0.3) is 0 Å². The summed E-state index contributed by atoms with van der Waals surface area (Å²) in [5, 5.41) is 0. The average Bonchev–Trinajstić information content (AvgIpc) is 2.92. The Balaban J connectivity index is 0. The smallest absolute Gasteiger partial charge is 0.266 e. The largest absolute Gasteiger partial charge is 2.00 e. The first-order valence-electron chi connectivity index (χ1n) is 9.31. The van der Waals surface area contributed by atoms with Crippen LogP contribution in [0.15, 0.2) is 33.4 Å². The summed E-state index contributed by atoms with van der Waals surface area (Å²) in [5.74, 6) is 1.12. The maximum absolute atomic E-state index is 5.81. The molecule has 0 nitrogen and oxygen atoms in total. The molecule has 2 aliphatic carbocycles. The molecule has 0 radical (unpaired) electrons. The third-order valence-electron chi connectivity index (χ3n) is 5.51. The van der Waals surface area contributed by atoms with Crippen LogP contribution < -0.4 is 0 Å². The molecule has 0 saturated heterocycles. The van der Waals surface area contributed by atoms with Gasteiger partial charge in [0, 0.05) is 0 Å². The Morgan fingerprint density at radius 1 is 0.731 bits per heavy atom. The maximum atomic E-state index is 5.81. The van der Waals surface area contributed by atoms with E-state index in [-0.39, 0.29) is 26.2 Å². The topological polar surface area (TPSA) is 0 Å². The predicted octanol–water partition coefficient (Wildman–Crippen LogP) is 8.39. The van der Waals surface area contributed by atoms with Crippen molar-refractivity contribution in [2.75, 3.05) is 0 Å². The summed E-state index contributed by atoms with van der Waals surface area (Å²) in [7, 11) is 0. The van der Waals surface area contributed by atoms with Gasteiger partial charge in [0.25, 0.3) is 6.69 Å². The van der Waals surface area contributed by atoms with Crippen LogP contribution in [0.4, 0.5) is 0 Å². The van der Waals surface area contributed by atoms with Crippen molar-refractivity contribution in [3.8, 4) is 0 Å². The molecule has 2 aliphatic rings. The van der Waals surface area contributed by atoms with E-state index in [4.69, 9.17) is 22.2 Å². The minimum absolute atomic E-state index is 0. The summed E-state index contributed by atoms with van der Waals surface area (Å²) < 4.78 is 0. The second kappa shape index (κ2) is 13.0. The molecule has 2 rings (SSSR count). The zero-order valence-corrected chi connectivity index (χ0v) is 23.3. The van der Waals surface area contributed by atoms with Crippen molar-refractivity contribution < 1.29 is 26.2 Å². The number of halogens is 2. The summed E-state index contributed by atoms with van der Waals surface area (Å²) in [6.45, 7) is 19.7. The molecule has 0 heterocycles. The van der Waals surface area contributed by atoms with E-state index in [9.17, 15) is 0 Å². The number of hydrogen-bond acceptors (Lipinski definition) is 0. The van der Waals surface area contributed by atoms with E-state index >= 15 is 0 Å². The van der Waals surface area contributed by atoms with E-state index in [0.717, 1.165) is 12.1 Å². The van der Waals surface area contributed by atoms with Crippen molar-refractivity contribution in [2.45, 2.75) is 81.3 Å². The normalized spacial score (nSPS) is 22.0. The molecule has 2 unspecified atom stereocenters. The van der Waals surface area contributed by atoms with E-state index in [1.807, 2.05) is 13.8 Å². The summed E-state index contributed by atoms with van der Waals surface area (Å²) in [5.41, 5.74) is 8.49. The van der Waals surface area contributed by atoms with Crippen molar-refractivity contribution in [3.63, 3.8) is 0 Å². The molecule has 2 atom stereocenters. The molecule has 0 N–H and O–H groups in total. The van der Waals surface area contributed by atoms with Crippen LogP contribution >= 0.6 is 22.2 Å². The molecule has 0 saturated carbocycles. The molecule has 0 aliphatic heterocycles. The Morgan fingerprint density at radius 3 is 1.04 bits per heavy atom. The Morgan fingerprint density at radius 2 is 1.00 bits per heavy atom. The number of allylic oxidation sites excluding steroid dienone is 8. The van der Waals surface area contributed by atoms with Crippen molar-refractivity contribution in [3.05, 3.63) is 45.6 Å². The van der Waals surface area contributed by atoms with Crippen LogP contribution in [-0.4, -0.2) is 6.69 Å². The molecule has 0 spiro atoms. The molecule has 0 aromatic rings. The first kappa shape index (κ1) is 28.8. The Kier molecular flexibility index (Phi) is 14.4. The van der Waals surface area contributed by atoms with Gasteiger partial charge in [-0.3, -0.25) is 12.2 Å². The van der Waals surface area contributed by atoms with Gasteiger partial charge in [0.2, 0.25) is 0 Å². The molecule has 0 bridgehead atoms. The predicted molar refractivity (Wildman–Crippen MR) is 118 cm³/mol. The second-order valence-corrected chi connectivity index (χ2v) is 15.2. The quantitative estimate of drug-likeness (QED) is 0.207. The summed E-state index contributed by atoms with van der Waals surface area (Å²) in [6, 6.07) is 1.93. The molecular weight excluding hydrogens is 454 g/mol. The van der Waals surface area contributed by atoms with Gasteiger partial charge in [-0.25, -0.2) is 11.1 Å². The fourth-order valence-electron chi connectivity index (χ4n) is 2.57. The van der Waals surface area contributed by atoms with E-state index in [1.165, 1.54) is 33.4 Å². The van der Waals surface area contributed by atoms with Crippen molar-refractivity contribution in [1.29, 1.82) is 0 Å². The monoisotopic (exact) mass is 488 g/mol. The van der Waals surface area contributed by atoms with Gasteiger partial charge < -0.3 is 0 Å². The summed E-state index contributed by atoms with van der Waals surface area (Å²) in [6.07, 6.45) is 6.72. The van der Waals surface area contributed by atoms with Gasteiger partial charge in [0.15, 0.2) is 0 Å². The fourth-order valence-corrected chi connectivity index (χ4v) is 3.07. The van der Waals surface area contributed by atoms with Gasteiger partial charge in [-0.05, 0) is 12.1 Å². The molecule has 4 heteroatoms. The van der Waals surface area contributed by atoms with Crippen molar-refractivity contribution in [2.24, 2.45) is 11.8 Å². The van der Waals surface area contributed by atoms with Crippen LogP contribution in [0.2, 0.25) is 12.1 Å². The molecular formula is C22H36Cl2SiZr. The first-order valence-corrected chi connectivity index (χ1v) is 13.7. The third kappa shape index (κ3) is 9.22. The van der Waals surface area contributed by atoms with E-state index in [1.54, 1.807) is 0 Å². The minimum atomic E-state index is -1.71. The van der Waals surface area contributed by atoms with Crippen LogP contribution in [0, 0.1) is 24.0 Å². The zero-order chi connectivity index (χ0) is 19.9. The standard InChI is InChI=1S/2C9H13.C4H10Cl2Si.Zr/c2*1-6-5-7(2)9(4)8(6)3;1-3-7(5,6)4-2;/h2*6H,1-4H3;3-4H2,1-2H3;/q2*-1;;+2. The zero-order valence-electron chi connectivity index (χ0n) is 18.3. The SMILES string of the molecule is CC1=[C-]C(C)C(C)=C1C.CC1=[C-]C(C)C(C)=C1C.CC[Si](Cl)(Cl)CC.[Zr+2]. The van der Waals surface area contributed by atoms with Crippen LogP contribution in [-0.2, 0) is 26.2 Å². The maximum Gasteiger partial charge on any atom is 2.00 e. The molecule has 0 fully saturated rings.